The minimum absolute atomic E-state index is 0.0178. The fourth-order valence-corrected chi connectivity index (χ4v) is 6.75. The van der Waals surface area contributed by atoms with E-state index in [1.54, 1.807) is 6.07 Å². The standard InChI is InChI=1S/C33H39FN6O2/c1-20(2)40(21(3)4)32(41)26-15-24(34)8-10-30(26)39-19-27(25-11-12-35-16-31(25)39)23-6-5-13-38(18-23)17-22-7-9-28-29(14-22)37-33(42)36-28/h7-11,14-16,19-21,23,35H,5-6,12-13,17-18H2,1-4H3,(H2,36,37,42). The van der Waals surface area contributed by atoms with Gasteiger partial charge in [0.15, 0.2) is 0 Å². The molecule has 2 aromatic heterocycles. The van der Waals surface area contributed by atoms with Crippen LogP contribution in [0.3, 0.4) is 0 Å². The summed E-state index contributed by atoms with van der Waals surface area (Å²) in [7, 11) is 0. The maximum Gasteiger partial charge on any atom is 0.323 e. The highest BCUT2D eigenvalue weighted by Gasteiger charge is 2.28. The van der Waals surface area contributed by atoms with Crippen molar-refractivity contribution in [1.29, 1.82) is 0 Å². The van der Waals surface area contributed by atoms with Crippen LogP contribution in [0.15, 0.2) is 47.4 Å². The minimum Gasteiger partial charge on any atom is -0.386 e. The normalized spacial score (nSPS) is 17.2. The zero-order valence-electron chi connectivity index (χ0n) is 24.7. The maximum absolute atomic E-state index is 14.6. The second kappa shape index (κ2) is 11.3. The molecule has 9 heteroatoms. The molecular weight excluding hydrogens is 531 g/mol. The fourth-order valence-electron chi connectivity index (χ4n) is 6.75. The molecule has 1 unspecified atom stereocenters. The molecule has 2 aliphatic rings. The number of likely N-dealkylation sites (tertiary alicyclic amines) is 1. The van der Waals surface area contributed by atoms with Crippen LogP contribution in [0.25, 0.3) is 29.0 Å². The van der Waals surface area contributed by atoms with Crippen molar-refractivity contribution in [2.75, 3.05) is 19.6 Å². The van der Waals surface area contributed by atoms with Crippen LogP contribution < -0.4 is 21.6 Å². The van der Waals surface area contributed by atoms with E-state index in [4.69, 9.17) is 0 Å². The highest BCUT2D eigenvalue weighted by molar-refractivity contribution is 5.98. The Morgan fingerprint density at radius 1 is 1.07 bits per heavy atom. The van der Waals surface area contributed by atoms with Gasteiger partial charge >= 0.3 is 5.69 Å². The van der Waals surface area contributed by atoms with E-state index in [0.717, 1.165) is 61.0 Å². The number of rotatable bonds is 7. The van der Waals surface area contributed by atoms with Crippen LogP contribution in [-0.2, 0) is 6.54 Å². The van der Waals surface area contributed by atoms with Gasteiger partial charge in [0.05, 0.1) is 27.6 Å². The number of hydrogen-bond donors (Lipinski definition) is 3. The smallest absolute Gasteiger partial charge is 0.323 e. The number of aromatic amines is 2. The van der Waals surface area contributed by atoms with Crippen LogP contribution in [0.2, 0.25) is 0 Å². The topological polar surface area (TPSA) is 89.2 Å². The third-order valence-electron chi connectivity index (χ3n) is 8.51. The van der Waals surface area contributed by atoms with E-state index in [1.807, 2.05) is 50.9 Å². The number of imidazole rings is 1. The molecular formula is C33H39FN6O2. The summed E-state index contributed by atoms with van der Waals surface area (Å²) in [6.45, 7) is 11.4. The maximum atomic E-state index is 14.6. The van der Waals surface area contributed by atoms with Crippen molar-refractivity contribution in [3.8, 4) is 5.69 Å². The van der Waals surface area contributed by atoms with Gasteiger partial charge in [-0.2, -0.15) is 0 Å². The summed E-state index contributed by atoms with van der Waals surface area (Å²) < 4.78 is 16.7. The second-order valence-corrected chi connectivity index (χ2v) is 12.1. The molecule has 6 rings (SSSR count). The Morgan fingerprint density at radius 3 is 2.64 bits per heavy atom. The number of nitrogens with one attached hydrogen (secondary N) is 3. The molecule has 1 saturated heterocycles. The number of carbonyl (C=O) groups is 1. The Labute approximate surface area is 244 Å². The summed E-state index contributed by atoms with van der Waals surface area (Å²) in [6.07, 6.45) is 8.53. The lowest BCUT2D eigenvalue weighted by Crippen LogP contribution is -2.43. The lowest BCUT2D eigenvalue weighted by atomic mass is 9.90. The SMILES string of the molecule is CC(C)N(C(=O)c1cc(F)ccc1-n1cc(C2CCCN(Cc3ccc4[nH]c(=O)[nH]c4c3)C2)c2c1=CNCC=2)C(C)C. The lowest BCUT2D eigenvalue weighted by Gasteiger charge is -2.32. The quantitative estimate of drug-likeness (QED) is 0.317. The highest BCUT2D eigenvalue weighted by atomic mass is 19.1. The molecule has 2 aliphatic heterocycles. The first-order valence-corrected chi connectivity index (χ1v) is 14.9. The van der Waals surface area contributed by atoms with Crippen molar-refractivity contribution >= 4 is 29.2 Å². The minimum atomic E-state index is -0.422. The number of hydrogen-bond acceptors (Lipinski definition) is 4. The molecule has 0 bridgehead atoms. The van der Waals surface area contributed by atoms with Crippen LogP contribution in [0.1, 0.15) is 67.9 Å². The number of amides is 1. The summed E-state index contributed by atoms with van der Waals surface area (Å²) in [5.74, 6) is -0.278. The monoisotopic (exact) mass is 570 g/mol. The van der Waals surface area contributed by atoms with E-state index in [2.05, 4.69) is 43.1 Å². The zero-order chi connectivity index (χ0) is 29.5. The molecule has 0 saturated carbocycles. The van der Waals surface area contributed by atoms with Gasteiger partial charge in [0.1, 0.15) is 5.82 Å². The fraction of sp³-hybridized carbons (Fsp3) is 0.394. The molecule has 1 atom stereocenters. The Bertz CT molecular complexity index is 1810. The van der Waals surface area contributed by atoms with Crippen LogP contribution in [-0.4, -0.2) is 62.0 Å². The van der Waals surface area contributed by atoms with Crippen LogP contribution in [0.4, 0.5) is 4.39 Å². The summed E-state index contributed by atoms with van der Waals surface area (Å²) in [5.41, 5.74) is 4.92. The lowest BCUT2D eigenvalue weighted by molar-refractivity contribution is 0.0643. The van der Waals surface area contributed by atoms with E-state index in [-0.39, 0.29) is 23.7 Å². The molecule has 1 fully saturated rings. The van der Waals surface area contributed by atoms with Gasteiger partial charge in [-0.1, -0.05) is 12.1 Å². The van der Waals surface area contributed by atoms with Crippen molar-refractivity contribution in [1.82, 2.24) is 29.7 Å². The van der Waals surface area contributed by atoms with Crippen LogP contribution in [0, 0.1) is 5.82 Å². The van der Waals surface area contributed by atoms with Gasteiger partial charge in [0.25, 0.3) is 5.91 Å². The number of aromatic nitrogens is 3. The van der Waals surface area contributed by atoms with Crippen LogP contribution in [0.5, 0.6) is 0 Å². The predicted octanol–water partition coefficient (Wildman–Crippen LogP) is 3.55. The molecule has 220 valence electrons. The van der Waals surface area contributed by atoms with Gasteiger partial charge in [-0.05, 0) is 94.5 Å². The molecule has 2 aromatic carbocycles. The van der Waals surface area contributed by atoms with Gasteiger partial charge in [0.2, 0.25) is 0 Å². The van der Waals surface area contributed by atoms with Crippen molar-refractivity contribution in [2.24, 2.45) is 0 Å². The third kappa shape index (κ3) is 5.29. The van der Waals surface area contributed by atoms with E-state index in [1.165, 1.54) is 22.9 Å². The summed E-state index contributed by atoms with van der Waals surface area (Å²) in [6, 6.07) is 10.6. The zero-order valence-corrected chi connectivity index (χ0v) is 24.7. The Hall–Kier alpha value is -4.11. The molecule has 0 aliphatic carbocycles. The van der Waals surface area contributed by atoms with E-state index < -0.39 is 5.82 Å². The predicted molar refractivity (Wildman–Crippen MR) is 165 cm³/mol. The number of fused-ring (bicyclic) bond motifs is 2. The summed E-state index contributed by atoms with van der Waals surface area (Å²) in [5, 5.41) is 5.50. The first-order chi connectivity index (χ1) is 20.2. The Balaban J connectivity index is 1.35. The van der Waals surface area contributed by atoms with Gasteiger partial charge in [-0.3, -0.25) is 9.69 Å². The van der Waals surface area contributed by atoms with Crippen molar-refractivity contribution in [2.45, 2.75) is 65.1 Å². The summed E-state index contributed by atoms with van der Waals surface area (Å²) in [4.78, 5) is 35.5. The molecule has 4 aromatic rings. The van der Waals surface area contributed by atoms with Crippen molar-refractivity contribution < 1.29 is 9.18 Å². The van der Waals surface area contributed by atoms with Gasteiger partial charge in [-0.15, -0.1) is 0 Å². The number of halogens is 1. The number of carbonyl (C=O) groups excluding carboxylic acids is 1. The molecule has 4 heterocycles. The largest absolute Gasteiger partial charge is 0.386 e. The number of nitrogens with zero attached hydrogens (tertiary/aromatic N) is 3. The summed E-state index contributed by atoms with van der Waals surface area (Å²) >= 11 is 0. The van der Waals surface area contributed by atoms with E-state index >= 15 is 0 Å². The first kappa shape index (κ1) is 28.0. The molecule has 0 radical (unpaired) electrons. The van der Waals surface area contributed by atoms with E-state index in [9.17, 15) is 14.0 Å². The molecule has 0 spiro atoms. The van der Waals surface area contributed by atoms with Gasteiger partial charge in [-0.25, -0.2) is 9.18 Å². The second-order valence-electron chi connectivity index (χ2n) is 12.1. The number of H-pyrrole nitrogens is 2. The molecule has 1 amide bonds. The van der Waals surface area contributed by atoms with Crippen molar-refractivity contribution in [3.05, 3.63) is 86.2 Å². The third-order valence-corrected chi connectivity index (χ3v) is 8.51. The average Bonchev–Trinajstić information content (AvgIpc) is 3.52. The van der Waals surface area contributed by atoms with E-state index in [0.29, 0.717) is 17.2 Å². The van der Waals surface area contributed by atoms with Gasteiger partial charge in [0, 0.05) is 49.3 Å². The first-order valence-electron chi connectivity index (χ1n) is 14.9. The van der Waals surface area contributed by atoms with Crippen molar-refractivity contribution in [3.63, 3.8) is 0 Å². The molecule has 8 nitrogen and oxygen atoms in total. The Kier molecular flexibility index (Phi) is 7.53. The van der Waals surface area contributed by atoms with Crippen LogP contribution >= 0.6 is 0 Å². The number of piperidine rings is 1. The number of benzene rings is 2. The Morgan fingerprint density at radius 2 is 1.86 bits per heavy atom. The molecule has 3 N–H and O–H groups in total. The molecule has 42 heavy (non-hydrogen) atoms. The van der Waals surface area contributed by atoms with Gasteiger partial charge < -0.3 is 24.8 Å². The average molecular weight is 571 g/mol. The highest BCUT2D eigenvalue weighted by Crippen LogP contribution is 2.28.